The van der Waals surface area contributed by atoms with E-state index in [-0.39, 0.29) is 0 Å². The molecule has 5 heteroatoms. The lowest BCUT2D eigenvalue weighted by Gasteiger charge is -2.14. The Balaban J connectivity index is 2.75. The largest absolute Gasteiger partial charge is 0.497 e. The molecule has 0 saturated carbocycles. The Morgan fingerprint density at radius 1 is 1.56 bits per heavy atom. The van der Waals surface area contributed by atoms with Crippen molar-refractivity contribution in [3.63, 3.8) is 0 Å². The molecular weight excluding hydrogens is 264 g/mol. The molecule has 0 radical (unpaired) electrons. The maximum atomic E-state index is 5.71. The highest BCUT2D eigenvalue weighted by Crippen LogP contribution is 2.23. The smallest absolute Gasteiger partial charge is 0.120 e. The Kier molecular flexibility index (Phi) is 6.29. The van der Waals surface area contributed by atoms with E-state index < -0.39 is 0 Å². The number of rotatable bonds is 7. The fourth-order valence-corrected chi connectivity index (χ4v) is 2.07. The molecule has 0 fully saturated rings. The van der Waals surface area contributed by atoms with Gasteiger partial charge in [-0.05, 0) is 24.8 Å². The van der Waals surface area contributed by atoms with Crippen LogP contribution in [0.3, 0.4) is 0 Å². The number of methoxy groups -OCH3 is 1. The molecule has 0 aliphatic carbocycles. The van der Waals surface area contributed by atoms with E-state index in [9.17, 15) is 0 Å². The third-order valence-electron chi connectivity index (χ3n) is 2.76. The lowest BCUT2D eigenvalue weighted by molar-refractivity contribution is 0.415. The quantitative estimate of drug-likeness (QED) is 0.754. The van der Waals surface area contributed by atoms with Gasteiger partial charge in [0.1, 0.15) is 10.7 Å². The van der Waals surface area contributed by atoms with Gasteiger partial charge in [-0.25, -0.2) is 0 Å². The zero-order valence-electron chi connectivity index (χ0n) is 11.0. The molecule has 0 aromatic heterocycles. The summed E-state index contributed by atoms with van der Waals surface area (Å²) < 4.78 is 5.21. The zero-order valence-corrected chi connectivity index (χ0v) is 12.7. The first-order chi connectivity index (χ1) is 8.58. The number of hydrogen-bond donors (Lipinski definition) is 2. The number of hydrogen-bond acceptors (Lipinski definition) is 4. The first kappa shape index (κ1) is 15.1. The Labute approximate surface area is 118 Å². The second kappa shape index (κ2) is 7.48. The maximum Gasteiger partial charge on any atom is 0.120 e. The first-order valence-electron chi connectivity index (χ1n) is 5.83. The van der Waals surface area contributed by atoms with Crippen LogP contribution in [0.4, 0.5) is 5.69 Å². The highest BCUT2D eigenvalue weighted by molar-refractivity contribution is 7.99. The number of ether oxygens (including phenoxy) is 1. The lowest BCUT2D eigenvalue weighted by Crippen LogP contribution is -2.15. The molecule has 1 atom stereocenters. The Bertz CT molecular complexity index is 410. The highest BCUT2D eigenvalue weighted by atomic mass is 32.2. The van der Waals surface area contributed by atoms with Gasteiger partial charge in [-0.2, -0.15) is 11.8 Å². The summed E-state index contributed by atoms with van der Waals surface area (Å²) >= 11 is 6.91. The van der Waals surface area contributed by atoms with Gasteiger partial charge in [-0.3, -0.25) is 0 Å². The van der Waals surface area contributed by atoms with Crippen molar-refractivity contribution in [3.05, 3.63) is 23.8 Å². The van der Waals surface area contributed by atoms with Crippen LogP contribution in [0.2, 0.25) is 0 Å². The van der Waals surface area contributed by atoms with Crippen LogP contribution < -0.4 is 15.8 Å². The average Bonchev–Trinajstić information content (AvgIpc) is 2.37. The molecule has 3 N–H and O–H groups in total. The van der Waals surface area contributed by atoms with Gasteiger partial charge in [0.2, 0.25) is 0 Å². The van der Waals surface area contributed by atoms with E-state index in [0.29, 0.717) is 10.2 Å². The molecule has 100 valence electrons. The predicted molar refractivity (Wildman–Crippen MR) is 85.0 cm³/mol. The second-order valence-electron chi connectivity index (χ2n) is 4.04. The summed E-state index contributed by atoms with van der Waals surface area (Å²) in [5.41, 5.74) is 7.51. The fraction of sp³-hybridized carbons (Fsp3) is 0.462. The van der Waals surface area contributed by atoms with Crippen molar-refractivity contribution in [2.45, 2.75) is 18.6 Å². The van der Waals surface area contributed by atoms with Gasteiger partial charge in [-0.1, -0.05) is 19.1 Å². The zero-order chi connectivity index (χ0) is 13.5. The molecule has 18 heavy (non-hydrogen) atoms. The van der Waals surface area contributed by atoms with Gasteiger partial charge in [-0.15, -0.1) is 0 Å². The van der Waals surface area contributed by atoms with Gasteiger partial charge >= 0.3 is 0 Å². The Hall–Kier alpha value is -0.940. The topological polar surface area (TPSA) is 47.3 Å². The van der Waals surface area contributed by atoms with E-state index >= 15 is 0 Å². The third-order valence-corrected chi connectivity index (χ3v) is 4.02. The molecule has 0 saturated heterocycles. The van der Waals surface area contributed by atoms with Crippen LogP contribution in [0.1, 0.15) is 18.9 Å². The lowest BCUT2D eigenvalue weighted by atomic mass is 10.1. The van der Waals surface area contributed by atoms with E-state index in [0.717, 1.165) is 30.0 Å². The molecule has 0 heterocycles. The summed E-state index contributed by atoms with van der Waals surface area (Å²) in [6.07, 6.45) is 3.21. The summed E-state index contributed by atoms with van der Waals surface area (Å²) in [5, 5.41) is 4.01. The number of benzene rings is 1. The van der Waals surface area contributed by atoms with Crippen LogP contribution in [-0.2, 0) is 0 Å². The Morgan fingerprint density at radius 2 is 2.28 bits per heavy atom. The molecule has 0 amide bonds. The van der Waals surface area contributed by atoms with Crippen molar-refractivity contribution in [1.29, 1.82) is 0 Å². The van der Waals surface area contributed by atoms with Crippen molar-refractivity contribution in [3.8, 4) is 5.75 Å². The van der Waals surface area contributed by atoms with Crippen molar-refractivity contribution >= 4 is 34.7 Å². The number of thiocarbonyl (C=S) groups is 1. The maximum absolute atomic E-state index is 5.71. The predicted octanol–water partition coefficient (Wildman–Crippen LogP) is 2.88. The van der Waals surface area contributed by atoms with Crippen molar-refractivity contribution in [2.24, 2.45) is 5.73 Å². The van der Waals surface area contributed by atoms with Crippen LogP contribution >= 0.6 is 24.0 Å². The molecule has 1 unspecified atom stereocenters. The molecular formula is C13H20N2OS2. The average molecular weight is 284 g/mol. The van der Waals surface area contributed by atoms with Crippen LogP contribution in [0.25, 0.3) is 0 Å². The van der Waals surface area contributed by atoms with E-state index in [2.05, 4.69) is 18.5 Å². The Morgan fingerprint density at radius 3 is 2.83 bits per heavy atom. The minimum atomic E-state index is 0.401. The van der Waals surface area contributed by atoms with Crippen LogP contribution in [-0.4, -0.2) is 30.1 Å². The molecule has 1 aromatic rings. The number of anilines is 1. The van der Waals surface area contributed by atoms with Gasteiger partial charge in [0.25, 0.3) is 0 Å². The molecule has 3 nitrogen and oxygen atoms in total. The molecule has 0 spiro atoms. The van der Waals surface area contributed by atoms with Gasteiger partial charge in [0.15, 0.2) is 0 Å². The van der Waals surface area contributed by atoms with Gasteiger partial charge in [0.05, 0.1) is 7.11 Å². The highest BCUT2D eigenvalue weighted by Gasteiger charge is 2.07. The summed E-state index contributed by atoms with van der Waals surface area (Å²) in [4.78, 5) is 0.401. The van der Waals surface area contributed by atoms with E-state index in [1.165, 1.54) is 0 Å². The van der Waals surface area contributed by atoms with Gasteiger partial charge in [0, 0.05) is 29.1 Å². The van der Waals surface area contributed by atoms with E-state index in [1.807, 2.05) is 30.0 Å². The normalized spacial score (nSPS) is 11.9. The minimum Gasteiger partial charge on any atom is -0.497 e. The van der Waals surface area contributed by atoms with Crippen molar-refractivity contribution < 1.29 is 4.74 Å². The number of nitrogens with two attached hydrogens (primary N) is 1. The van der Waals surface area contributed by atoms with Crippen molar-refractivity contribution in [1.82, 2.24) is 0 Å². The molecule has 1 rings (SSSR count). The summed E-state index contributed by atoms with van der Waals surface area (Å²) in [5.74, 6) is 0.801. The molecule has 0 aliphatic rings. The number of nitrogens with one attached hydrogen (secondary N) is 1. The number of thioether (sulfide) groups is 1. The summed E-state index contributed by atoms with van der Waals surface area (Å²) in [6.45, 7) is 3.11. The van der Waals surface area contributed by atoms with Crippen LogP contribution in [0.5, 0.6) is 5.75 Å². The van der Waals surface area contributed by atoms with E-state index in [1.54, 1.807) is 7.11 Å². The standard InChI is InChI=1S/C13H20N2OS2/c1-9(18-3)6-7-15-12-8-10(16-2)4-5-11(12)13(14)17/h4-5,8-9,15H,6-7H2,1-3H3,(H2,14,17). The fourth-order valence-electron chi connectivity index (χ4n) is 1.54. The first-order valence-corrected chi connectivity index (χ1v) is 7.52. The van der Waals surface area contributed by atoms with Crippen molar-refractivity contribution in [2.75, 3.05) is 25.2 Å². The minimum absolute atomic E-state index is 0.401. The summed E-state index contributed by atoms with van der Waals surface area (Å²) in [7, 11) is 1.65. The summed E-state index contributed by atoms with van der Waals surface area (Å²) in [6, 6.07) is 5.68. The van der Waals surface area contributed by atoms with Crippen LogP contribution in [0.15, 0.2) is 18.2 Å². The molecule has 1 aromatic carbocycles. The molecule has 0 aliphatic heterocycles. The van der Waals surface area contributed by atoms with Crippen LogP contribution in [0, 0.1) is 0 Å². The van der Waals surface area contributed by atoms with Gasteiger partial charge < -0.3 is 15.8 Å². The monoisotopic (exact) mass is 284 g/mol. The van der Waals surface area contributed by atoms with E-state index in [4.69, 9.17) is 22.7 Å². The SMILES string of the molecule is COc1ccc(C(N)=S)c(NCCC(C)SC)c1. The second-order valence-corrected chi connectivity index (χ2v) is 5.75. The molecule has 0 bridgehead atoms. The third kappa shape index (κ3) is 4.38.